The average molecular weight is 184 g/mol. The van der Waals surface area contributed by atoms with Gasteiger partial charge in [-0.3, -0.25) is 0 Å². The fraction of sp³-hybridized carbons (Fsp3) is 0.700. The number of methoxy groups -OCH3 is 1. The van der Waals surface area contributed by atoms with Crippen molar-refractivity contribution >= 4 is 5.97 Å². The smallest absolute Gasteiger partial charge is 0.333 e. The molecule has 1 N–H and O–H groups in total. The SMILES string of the molecule is C=C(C(=O)OC)C1CCCCC1O. The first-order valence-electron chi connectivity index (χ1n) is 4.62. The summed E-state index contributed by atoms with van der Waals surface area (Å²) in [6, 6.07) is 0. The average Bonchev–Trinajstić information content (AvgIpc) is 2.16. The van der Waals surface area contributed by atoms with Crippen LogP contribution in [0.15, 0.2) is 12.2 Å². The predicted octanol–water partition coefficient (Wildman–Crippen LogP) is 1.27. The summed E-state index contributed by atoms with van der Waals surface area (Å²) >= 11 is 0. The summed E-state index contributed by atoms with van der Waals surface area (Å²) in [5, 5.41) is 9.62. The van der Waals surface area contributed by atoms with Gasteiger partial charge in [0.05, 0.1) is 13.2 Å². The number of hydrogen-bond acceptors (Lipinski definition) is 3. The highest BCUT2D eigenvalue weighted by atomic mass is 16.5. The van der Waals surface area contributed by atoms with E-state index in [2.05, 4.69) is 11.3 Å². The van der Waals surface area contributed by atoms with Gasteiger partial charge in [-0.05, 0) is 12.8 Å². The van der Waals surface area contributed by atoms with Crippen LogP contribution >= 0.6 is 0 Å². The Hall–Kier alpha value is -0.830. The largest absolute Gasteiger partial charge is 0.466 e. The molecule has 1 aliphatic carbocycles. The van der Waals surface area contributed by atoms with E-state index in [9.17, 15) is 9.90 Å². The number of rotatable bonds is 2. The molecule has 1 rings (SSSR count). The van der Waals surface area contributed by atoms with E-state index in [0.29, 0.717) is 5.57 Å². The Morgan fingerprint density at radius 3 is 2.62 bits per heavy atom. The number of carbonyl (C=O) groups is 1. The summed E-state index contributed by atoms with van der Waals surface area (Å²) in [6.45, 7) is 3.66. The molecule has 3 heteroatoms. The van der Waals surface area contributed by atoms with Crippen LogP contribution in [0, 0.1) is 5.92 Å². The van der Waals surface area contributed by atoms with Gasteiger partial charge in [0.1, 0.15) is 0 Å². The number of aliphatic hydroxyl groups excluding tert-OH is 1. The lowest BCUT2D eigenvalue weighted by Crippen LogP contribution is -2.29. The molecule has 1 aliphatic rings. The minimum Gasteiger partial charge on any atom is -0.466 e. The quantitative estimate of drug-likeness (QED) is 0.519. The maximum absolute atomic E-state index is 11.1. The number of hydrogen-bond donors (Lipinski definition) is 1. The van der Waals surface area contributed by atoms with Crippen molar-refractivity contribution < 1.29 is 14.6 Å². The Kier molecular flexibility index (Phi) is 3.48. The fourth-order valence-corrected chi connectivity index (χ4v) is 1.80. The van der Waals surface area contributed by atoms with Crippen LogP contribution in [0.2, 0.25) is 0 Å². The van der Waals surface area contributed by atoms with Crippen LogP contribution in [0.25, 0.3) is 0 Å². The molecular formula is C10H16O3. The molecule has 3 nitrogen and oxygen atoms in total. The van der Waals surface area contributed by atoms with E-state index >= 15 is 0 Å². The molecular weight excluding hydrogens is 168 g/mol. The van der Waals surface area contributed by atoms with Gasteiger partial charge in [-0.25, -0.2) is 4.79 Å². The summed E-state index contributed by atoms with van der Waals surface area (Å²) in [5.74, 6) is -0.493. The summed E-state index contributed by atoms with van der Waals surface area (Å²) in [7, 11) is 1.34. The Labute approximate surface area is 78.4 Å². The normalized spacial score (nSPS) is 28.2. The number of esters is 1. The van der Waals surface area contributed by atoms with Crippen LogP contribution < -0.4 is 0 Å². The second kappa shape index (κ2) is 4.42. The van der Waals surface area contributed by atoms with Crippen molar-refractivity contribution in [2.24, 2.45) is 5.92 Å². The van der Waals surface area contributed by atoms with Crippen molar-refractivity contribution in [1.29, 1.82) is 0 Å². The van der Waals surface area contributed by atoms with Crippen molar-refractivity contribution in [1.82, 2.24) is 0 Å². The molecule has 13 heavy (non-hydrogen) atoms. The third kappa shape index (κ3) is 2.31. The standard InChI is InChI=1S/C10H16O3/c1-7(10(12)13-2)8-5-3-4-6-9(8)11/h8-9,11H,1,3-6H2,2H3. The Morgan fingerprint density at radius 2 is 2.08 bits per heavy atom. The monoisotopic (exact) mass is 184 g/mol. The van der Waals surface area contributed by atoms with Gasteiger partial charge in [0.15, 0.2) is 0 Å². The third-order valence-electron chi connectivity index (χ3n) is 2.62. The third-order valence-corrected chi connectivity index (χ3v) is 2.62. The maximum atomic E-state index is 11.1. The van der Waals surface area contributed by atoms with E-state index < -0.39 is 12.1 Å². The zero-order chi connectivity index (χ0) is 9.84. The topological polar surface area (TPSA) is 46.5 Å². The molecule has 0 aliphatic heterocycles. The van der Waals surface area contributed by atoms with E-state index in [0.717, 1.165) is 25.7 Å². The molecule has 0 aromatic heterocycles. The van der Waals surface area contributed by atoms with Gasteiger partial charge < -0.3 is 9.84 Å². The zero-order valence-corrected chi connectivity index (χ0v) is 7.95. The van der Waals surface area contributed by atoms with Gasteiger partial charge in [-0.2, -0.15) is 0 Å². The molecule has 0 heterocycles. The van der Waals surface area contributed by atoms with Gasteiger partial charge in [0.2, 0.25) is 0 Å². The lowest BCUT2D eigenvalue weighted by Gasteiger charge is -2.27. The summed E-state index contributed by atoms with van der Waals surface area (Å²) in [5.41, 5.74) is 0.412. The maximum Gasteiger partial charge on any atom is 0.333 e. The molecule has 0 spiro atoms. The van der Waals surface area contributed by atoms with Crippen molar-refractivity contribution in [3.05, 3.63) is 12.2 Å². The van der Waals surface area contributed by atoms with Crippen molar-refractivity contribution in [3.8, 4) is 0 Å². The molecule has 1 fully saturated rings. The lowest BCUT2D eigenvalue weighted by atomic mass is 9.82. The molecule has 1 saturated carbocycles. The highest BCUT2D eigenvalue weighted by Crippen LogP contribution is 2.29. The van der Waals surface area contributed by atoms with Gasteiger partial charge in [-0.15, -0.1) is 0 Å². The number of aliphatic hydroxyl groups is 1. The molecule has 0 bridgehead atoms. The van der Waals surface area contributed by atoms with Gasteiger partial charge in [-0.1, -0.05) is 19.4 Å². The zero-order valence-electron chi connectivity index (χ0n) is 7.95. The van der Waals surface area contributed by atoms with Crippen molar-refractivity contribution in [2.75, 3.05) is 7.11 Å². The molecule has 2 atom stereocenters. The van der Waals surface area contributed by atoms with E-state index in [4.69, 9.17) is 0 Å². The molecule has 2 unspecified atom stereocenters. The molecule has 74 valence electrons. The van der Waals surface area contributed by atoms with E-state index in [1.54, 1.807) is 0 Å². The van der Waals surface area contributed by atoms with Crippen LogP contribution in [0.1, 0.15) is 25.7 Å². The summed E-state index contributed by atoms with van der Waals surface area (Å²) in [6.07, 6.45) is 3.28. The first kappa shape index (κ1) is 10.3. The minimum atomic E-state index is -0.416. The summed E-state index contributed by atoms with van der Waals surface area (Å²) in [4.78, 5) is 11.1. The second-order valence-corrected chi connectivity index (χ2v) is 3.48. The molecule has 0 aromatic carbocycles. The molecule has 0 aromatic rings. The molecule has 0 saturated heterocycles. The van der Waals surface area contributed by atoms with E-state index in [1.807, 2.05) is 0 Å². The van der Waals surface area contributed by atoms with Crippen LogP contribution in [0.4, 0.5) is 0 Å². The Balaban J connectivity index is 2.58. The van der Waals surface area contributed by atoms with Crippen LogP contribution in [-0.2, 0) is 9.53 Å². The van der Waals surface area contributed by atoms with Crippen LogP contribution in [-0.4, -0.2) is 24.3 Å². The number of ether oxygens (including phenoxy) is 1. The van der Waals surface area contributed by atoms with E-state index in [-0.39, 0.29) is 5.92 Å². The van der Waals surface area contributed by atoms with Gasteiger partial charge >= 0.3 is 5.97 Å². The van der Waals surface area contributed by atoms with Crippen molar-refractivity contribution in [3.63, 3.8) is 0 Å². The highest BCUT2D eigenvalue weighted by Gasteiger charge is 2.28. The van der Waals surface area contributed by atoms with Crippen molar-refractivity contribution in [2.45, 2.75) is 31.8 Å². The molecule has 0 radical (unpaired) electrons. The first-order valence-corrected chi connectivity index (χ1v) is 4.62. The molecule has 0 amide bonds. The van der Waals surface area contributed by atoms with E-state index in [1.165, 1.54) is 7.11 Å². The lowest BCUT2D eigenvalue weighted by molar-refractivity contribution is -0.137. The Morgan fingerprint density at radius 1 is 1.46 bits per heavy atom. The predicted molar refractivity (Wildman–Crippen MR) is 49.1 cm³/mol. The fourth-order valence-electron chi connectivity index (χ4n) is 1.80. The number of carbonyl (C=O) groups excluding carboxylic acids is 1. The van der Waals surface area contributed by atoms with Crippen LogP contribution in [0.3, 0.4) is 0 Å². The summed E-state index contributed by atoms with van der Waals surface area (Å²) < 4.78 is 4.56. The second-order valence-electron chi connectivity index (χ2n) is 3.48. The van der Waals surface area contributed by atoms with Crippen LogP contribution in [0.5, 0.6) is 0 Å². The first-order chi connectivity index (χ1) is 6.16. The highest BCUT2D eigenvalue weighted by molar-refractivity contribution is 5.88. The minimum absolute atomic E-state index is 0.0961. The van der Waals surface area contributed by atoms with Gasteiger partial charge in [0, 0.05) is 11.5 Å². The van der Waals surface area contributed by atoms with Gasteiger partial charge in [0.25, 0.3) is 0 Å². The Bertz CT molecular complexity index is 210.